The maximum absolute atomic E-state index is 12.6. The van der Waals surface area contributed by atoms with Crippen LogP contribution in [-0.2, 0) is 16.6 Å². The zero-order valence-corrected chi connectivity index (χ0v) is 17.7. The molecule has 1 aliphatic heterocycles. The Kier molecular flexibility index (Phi) is 6.76. The number of carbonyl (C=O) groups is 1. The molecule has 29 heavy (non-hydrogen) atoms. The number of piperazine rings is 1. The van der Waals surface area contributed by atoms with Gasteiger partial charge in [0, 0.05) is 38.4 Å². The third-order valence-electron chi connectivity index (χ3n) is 5.03. The fourth-order valence-electron chi connectivity index (χ4n) is 3.25. The monoisotopic (exact) mass is 416 g/mol. The van der Waals surface area contributed by atoms with E-state index < -0.39 is 10.0 Å². The lowest BCUT2D eigenvalue weighted by molar-refractivity contribution is 0.143. The number of amides is 2. The van der Waals surface area contributed by atoms with Crippen molar-refractivity contribution >= 4 is 27.4 Å². The van der Waals surface area contributed by atoms with Crippen LogP contribution in [0, 0.1) is 6.92 Å². The molecule has 0 aromatic heterocycles. The molecule has 0 bridgehead atoms. The van der Waals surface area contributed by atoms with Gasteiger partial charge in [-0.15, -0.1) is 0 Å². The molecular weight excluding hydrogens is 388 g/mol. The highest BCUT2D eigenvalue weighted by molar-refractivity contribution is 7.92. The van der Waals surface area contributed by atoms with Gasteiger partial charge in [0.25, 0.3) is 0 Å². The van der Waals surface area contributed by atoms with E-state index in [4.69, 9.17) is 0 Å². The Bertz CT molecular complexity index is 940. The lowest BCUT2D eigenvalue weighted by Crippen LogP contribution is -2.49. The van der Waals surface area contributed by atoms with Crippen molar-refractivity contribution < 1.29 is 13.2 Å². The van der Waals surface area contributed by atoms with E-state index in [2.05, 4.69) is 27.1 Å². The van der Waals surface area contributed by atoms with Crippen LogP contribution in [0.1, 0.15) is 18.1 Å². The quantitative estimate of drug-likeness (QED) is 0.758. The summed E-state index contributed by atoms with van der Waals surface area (Å²) in [6.45, 7) is 7.30. The van der Waals surface area contributed by atoms with Gasteiger partial charge in [-0.2, -0.15) is 0 Å². The minimum atomic E-state index is -3.33. The van der Waals surface area contributed by atoms with Gasteiger partial charge < -0.3 is 10.2 Å². The van der Waals surface area contributed by atoms with Crippen molar-refractivity contribution in [3.05, 3.63) is 59.7 Å². The number of anilines is 2. The molecule has 2 aromatic rings. The molecule has 1 aliphatic rings. The summed E-state index contributed by atoms with van der Waals surface area (Å²) in [5.41, 5.74) is 3.21. The summed E-state index contributed by atoms with van der Waals surface area (Å²) in [5, 5.41) is 2.91. The Hall–Kier alpha value is -2.58. The Morgan fingerprint density at radius 2 is 1.72 bits per heavy atom. The maximum Gasteiger partial charge on any atom is 0.321 e. The Labute approximate surface area is 172 Å². The lowest BCUT2D eigenvalue weighted by Gasteiger charge is -2.34. The molecule has 1 saturated heterocycles. The molecule has 7 nitrogen and oxygen atoms in total. The summed E-state index contributed by atoms with van der Waals surface area (Å²) in [4.78, 5) is 16.7. The summed E-state index contributed by atoms with van der Waals surface area (Å²) in [7, 11) is -3.33. The average molecular weight is 417 g/mol. The van der Waals surface area contributed by atoms with Crippen molar-refractivity contribution in [1.82, 2.24) is 9.80 Å². The van der Waals surface area contributed by atoms with Crippen LogP contribution in [-0.4, -0.2) is 56.2 Å². The van der Waals surface area contributed by atoms with Crippen LogP contribution >= 0.6 is 0 Å². The molecule has 3 rings (SSSR count). The van der Waals surface area contributed by atoms with E-state index in [0.717, 1.165) is 25.2 Å². The van der Waals surface area contributed by atoms with Crippen molar-refractivity contribution in [2.45, 2.75) is 20.4 Å². The maximum atomic E-state index is 12.6. The number of rotatable bonds is 6. The first-order chi connectivity index (χ1) is 13.9. The summed E-state index contributed by atoms with van der Waals surface area (Å²) in [6, 6.07) is 15.4. The topological polar surface area (TPSA) is 81.8 Å². The van der Waals surface area contributed by atoms with Gasteiger partial charge in [-0.1, -0.05) is 30.3 Å². The van der Waals surface area contributed by atoms with E-state index >= 15 is 0 Å². The lowest BCUT2D eigenvalue weighted by atomic mass is 10.2. The highest BCUT2D eigenvalue weighted by Crippen LogP contribution is 2.21. The van der Waals surface area contributed by atoms with Crippen molar-refractivity contribution in [2.24, 2.45) is 0 Å². The van der Waals surface area contributed by atoms with Gasteiger partial charge >= 0.3 is 6.03 Å². The fraction of sp³-hybridized carbons (Fsp3) is 0.381. The predicted octanol–water partition coefficient (Wildman–Crippen LogP) is 3.11. The molecule has 2 N–H and O–H groups in total. The second kappa shape index (κ2) is 9.28. The largest absolute Gasteiger partial charge is 0.322 e. The van der Waals surface area contributed by atoms with Gasteiger partial charge in [-0.25, -0.2) is 13.2 Å². The summed E-state index contributed by atoms with van der Waals surface area (Å²) >= 11 is 0. The number of benzene rings is 2. The minimum Gasteiger partial charge on any atom is -0.322 e. The molecule has 0 radical (unpaired) electrons. The van der Waals surface area contributed by atoms with E-state index in [1.807, 2.05) is 30.0 Å². The van der Waals surface area contributed by atoms with E-state index in [1.54, 1.807) is 25.1 Å². The summed E-state index contributed by atoms with van der Waals surface area (Å²) in [6.07, 6.45) is 0. The number of nitrogens with one attached hydrogen (secondary N) is 2. The molecule has 1 fully saturated rings. The van der Waals surface area contributed by atoms with Crippen molar-refractivity contribution in [3.8, 4) is 0 Å². The smallest absolute Gasteiger partial charge is 0.321 e. The van der Waals surface area contributed by atoms with Gasteiger partial charge in [0.15, 0.2) is 0 Å². The molecule has 1 heterocycles. The first-order valence-corrected chi connectivity index (χ1v) is 11.4. The standard InChI is InChI=1S/C21H28N4O3S/c1-3-29(27,28)23-20-10-9-19(15-17(20)2)22-21(26)25-13-11-24(12-14-25)16-18-7-5-4-6-8-18/h4-10,15,23H,3,11-14,16H2,1-2H3,(H,22,26). The van der Waals surface area contributed by atoms with Crippen molar-refractivity contribution in [2.75, 3.05) is 42.0 Å². The molecule has 0 atom stereocenters. The van der Waals surface area contributed by atoms with Gasteiger partial charge in [0.1, 0.15) is 0 Å². The number of hydrogen-bond acceptors (Lipinski definition) is 4. The number of aryl methyl sites for hydroxylation is 1. The minimum absolute atomic E-state index is 0.0151. The zero-order chi connectivity index (χ0) is 20.9. The molecule has 8 heteroatoms. The second-order valence-electron chi connectivity index (χ2n) is 7.21. The van der Waals surface area contributed by atoms with Gasteiger partial charge in [-0.3, -0.25) is 9.62 Å². The van der Waals surface area contributed by atoms with E-state index in [1.165, 1.54) is 5.56 Å². The van der Waals surface area contributed by atoms with Crippen LogP contribution in [0.2, 0.25) is 0 Å². The van der Waals surface area contributed by atoms with Gasteiger partial charge in [0.2, 0.25) is 10.0 Å². The molecule has 156 valence electrons. The third kappa shape index (κ3) is 5.95. The highest BCUT2D eigenvalue weighted by atomic mass is 32.2. The van der Waals surface area contributed by atoms with Crippen LogP contribution in [0.5, 0.6) is 0 Å². The molecule has 2 amide bonds. The van der Waals surface area contributed by atoms with Gasteiger partial charge in [0.05, 0.1) is 11.4 Å². The second-order valence-corrected chi connectivity index (χ2v) is 9.23. The van der Waals surface area contributed by atoms with E-state index in [9.17, 15) is 13.2 Å². The first kappa shape index (κ1) is 21.1. The first-order valence-electron chi connectivity index (χ1n) is 9.79. The molecule has 0 saturated carbocycles. The molecule has 2 aromatic carbocycles. The third-order valence-corrected chi connectivity index (χ3v) is 6.32. The van der Waals surface area contributed by atoms with Crippen molar-refractivity contribution in [1.29, 1.82) is 0 Å². The van der Waals surface area contributed by atoms with Crippen LogP contribution in [0.3, 0.4) is 0 Å². The predicted molar refractivity (Wildman–Crippen MR) is 117 cm³/mol. The highest BCUT2D eigenvalue weighted by Gasteiger charge is 2.21. The van der Waals surface area contributed by atoms with Crippen LogP contribution in [0.25, 0.3) is 0 Å². The molecule has 0 spiro atoms. The normalized spacial score (nSPS) is 15.2. The number of urea groups is 1. The fourth-order valence-corrected chi connectivity index (χ4v) is 3.96. The Morgan fingerprint density at radius 3 is 2.34 bits per heavy atom. The van der Waals surface area contributed by atoms with Crippen molar-refractivity contribution in [3.63, 3.8) is 0 Å². The summed E-state index contributed by atoms with van der Waals surface area (Å²) in [5.74, 6) is 0.0151. The number of carbonyl (C=O) groups excluding carboxylic acids is 1. The Balaban J connectivity index is 1.52. The SMILES string of the molecule is CCS(=O)(=O)Nc1ccc(NC(=O)N2CCN(Cc3ccccc3)CC2)cc1C. The van der Waals surface area contributed by atoms with E-state index in [0.29, 0.717) is 24.5 Å². The number of nitrogens with zero attached hydrogens (tertiary/aromatic N) is 2. The molecule has 0 unspecified atom stereocenters. The van der Waals surface area contributed by atoms with Crippen LogP contribution in [0.4, 0.5) is 16.2 Å². The number of hydrogen-bond donors (Lipinski definition) is 2. The van der Waals surface area contributed by atoms with E-state index in [-0.39, 0.29) is 11.8 Å². The average Bonchev–Trinajstić information content (AvgIpc) is 2.71. The van der Waals surface area contributed by atoms with Gasteiger partial charge in [-0.05, 0) is 43.2 Å². The number of sulfonamides is 1. The summed E-state index contributed by atoms with van der Waals surface area (Å²) < 4.78 is 26.0. The molecule has 0 aliphatic carbocycles. The Morgan fingerprint density at radius 1 is 1.03 bits per heavy atom. The zero-order valence-electron chi connectivity index (χ0n) is 16.9. The van der Waals surface area contributed by atoms with Crippen LogP contribution < -0.4 is 10.0 Å². The van der Waals surface area contributed by atoms with Crippen LogP contribution in [0.15, 0.2) is 48.5 Å². The molecular formula is C21H28N4O3S.